The summed E-state index contributed by atoms with van der Waals surface area (Å²) in [5.74, 6) is -1.72. The maximum absolute atomic E-state index is 11.4. The second-order valence-electron chi connectivity index (χ2n) is 3.05. The Balaban J connectivity index is 3.12. The van der Waals surface area contributed by atoms with Crippen LogP contribution < -0.4 is 0 Å². The maximum atomic E-state index is 11.4. The molecule has 0 spiro atoms. The first-order valence-corrected chi connectivity index (χ1v) is 6.32. The van der Waals surface area contributed by atoms with Crippen molar-refractivity contribution < 1.29 is 27.6 Å². The highest BCUT2D eigenvalue weighted by Crippen LogP contribution is 2.25. The summed E-state index contributed by atoms with van der Waals surface area (Å²) in [4.78, 5) is 11.4. The van der Waals surface area contributed by atoms with E-state index in [9.17, 15) is 13.2 Å². The third-order valence-corrected chi connectivity index (χ3v) is 2.98. The molecule has 90 valence electrons. The van der Waals surface area contributed by atoms with Gasteiger partial charge in [0.15, 0.2) is 15.6 Å². The van der Waals surface area contributed by atoms with Crippen molar-refractivity contribution >= 4 is 15.8 Å². The molecule has 1 rings (SSSR count). The lowest BCUT2D eigenvalue weighted by molar-refractivity contribution is -0.143. The van der Waals surface area contributed by atoms with E-state index in [1.54, 1.807) is 6.92 Å². The first-order valence-electron chi connectivity index (χ1n) is 4.37. The van der Waals surface area contributed by atoms with Crippen LogP contribution in [0.2, 0.25) is 0 Å². The second kappa shape index (κ2) is 4.52. The largest absolute Gasteiger partial charge is 0.491 e. The van der Waals surface area contributed by atoms with Crippen LogP contribution in [0.15, 0.2) is 10.6 Å². The van der Waals surface area contributed by atoms with Crippen LogP contribution in [0.25, 0.3) is 0 Å². The fourth-order valence-corrected chi connectivity index (χ4v) is 2.07. The summed E-state index contributed by atoms with van der Waals surface area (Å²) in [5, 5.41) is 10.4. The summed E-state index contributed by atoms with van der Waals surface area (Å²) in [5.41, 5.74) is 0. The van der Waals surface area contributed by atoms with Gasteiger partial charge >= 0.3 is 5.97 Å². The van der Waals surface area contributed by atoms with E-state index in [1.165, 1.54) is 0 Å². The highest BCUT2D eigenvalue weighted by Gasteiger charge is 2.36. The van der Waals surface area contributed by atoms with Gasteiger partial charge in [-0.1, -0.05) is 0 Å². The number of aromatic hydroxyl groups is 1. The lowest BCUT2D eigenvalue weighted by Crippen LogP contribution is -2.23. The number of carbonyl (C=O) groups excluding carboxylic acids is 1. The fourth-order valence-electron chi connectivity index (χ4n) is 1.12. The van der Waals surface area contributed by atoms with Crippen molar-refractivity contribution in [2.24, 2.45) is 0 Å². The van der Waals surface area contributed by atoms with E-state index in [0.29, 0.717) is 0 Å². The van der Waals surface area contributed by atoms with Crippen LogP contribution in [0.3, 0.4) is 0 Å². The maximum Gasteiger partial charge on any atom is 0.332 e. The number of hydrogen-bond acceptors (Lipinski definition) is 7. The standard InChI is InChI=1S/C8H11NO6S/c1-3-14-8(11)7(16(2,12)13)5-4-6(10)9-15-5/h4,7H,3H2,1-2H3,(H,9,10). The molecule has 1 unspecified atom stereocenters. The molecule has 0 saturated carbocycles. The first kappa shape index (κ1) is 12.5. The molecular formula is C8H11NO6S. The topological polar surface area (TPSA) is 107 Å². The van der Waals surface area contributed by atoms with Gasteiger partial charge in [0.25, 0.3) is 5.88 Å². The summed E-state index contributed by atoms with van der Waals surface area (Å²) < 4.78 is 31.9. The van der Waals surface area contributed by atoms with Gasteiger partial charge in [-0.15, -0.1) is 0 Å². The number of esters is 1. The molecule has 16 heavy (non-hydrogen) atoms. The number of hydrogen-bond donors (Lipinski definition) is 1. The molecule has 1 aromatic heterocycles. The van der Waals surface area contributed by atoms with Gasteiger partial charge in [0, 0.05) is 12.3 Å². The zero-order valence-corrected chi connectivity index (χ0v) is 9.52. The average molecular weight is 249 g/mol. The van der Waals surface area contributed by atoms with E-state index in [4.69, 9.17) is 5.11 Å². The minimum absolute atomic E-state index is 0.0466. The summed E-state index contributed by atoms with van der Waals surface area (Å²) in [6, 6.07) is 0.961. The lowest BCUT2D eigenvalue weighted by Gasteiger charge is -2.09. The van der Waals surface area contributed by atoms with Crippen LogP contribution in [-0.4, -0.2) is 37.5 Å². The molecule has 1 heterocycles. The van der Waals surface area contributed by atoms with Gasteiger partial charge in [0.2, 0.25) is 5.25 Å². The van der Waals surface area contributed by atoms with Crippen LogP contribution in [0.1, 0.15) is 17.9 Å². The van der Waals surface area contributed by atoms with Crippen molar-refractivity contribution in [1.29, 1.82) is 0 Å². The van der Waals surface area contributed by atoms with Crippen molar-refractivity contribution in [3.8, 4) is 5.88 Å². The third kappa shape index (κ3) is 2.72. The fraction of sp³-hybridized carbons (Fsp3) is 0.500. The summed E-state index contributed by atoms with van der Waals surface area (Å²) in [6.45, 7) is 1.60. The van der Waals surface area contributed by atoms with E-state index in [2.05, 4.69) is 14.4 Å². The molecule has 0 aliphatic carbocycles. The van der Waals surface area contributed by atoms with Gasteiger partial charge in [-0.25, -0.2) is 8.42 Å². The molecule has 0 fully saturated rings. The number of carbonyl (C=O) groups is 1. The van der Waals surface area contributed by atoms with Crippen molar-refractivity contribution in [2.45, 2.75) is 12.2 Å². The van der Waals surface area contributed by atoms with Crippen molar-refractivity contribution in [2.75, 3.05) is 12.9 Å². The number of sulfone groups is 1. The average Bonchev–Trinajstić information content (AvgIpc) is 2.49. The van der Waals surface area contributed by atoms with E-state index in [1.807, 2.05) is 0 Å². The van der Waals surface area contributed by atoms with Crippen LogP contribution >= 0.6 is 0 Å². The van der Waals surface area contributed by atoms with E-state index in [-0.39, 0.29) is 12.4 Å². The molecule has 1 N–H and O–H groups in total. The van der Waals surface area contributed by atoms with Crippen molar-refractivity contribution in [1.82, 2.24) is 5.16 Å². The Labute approximate surface area is 91.9 Å². The number of aromatic nitrogens is 1. The van der Waals surface area contributed by atoms with E-state index < -0.39 is 26.9 Å². The van der Waals surface area contributed by atoms with Crippen molar-refractivity contribution in [3.63, 3.8) is 0 Å². The van der Waals surface area contributed by atoms with Gasteiger partial charge < -0.3 is 14.4 Å². The van der Waals surface area contributed by atoms with Crippen LogP contribution in [0, 0.1) is 0 Å². The molecule has 0 saturated heterocycles. The monoisotopic (exact) mass is 249 g/mol. The molecule has 0 aliphatic heterocycles. The Bertz CT molecular complexity index is 476. The zero-order valence-electron chi connectivity index (χ0n) is 8.71. The Hall–Kier alpha value is -1.57. The highest BCUT2D eigenvalue weighted by molar-refractivity contribution is 7.91. The zero-order chi connectivity index (χ0) is 12.3. The predicted octanol–water partition coefficient (Wildman–Crippen LogP) is 0.0290. The molecule has 0 amide bonds. The number of rotatable bonds is 4. The summed E-state index contributed by atoms with van der Waals surface area (Å²) >= 11 is 0. The SMILES string of the molecule is CCOC(=O)C(c1cc(O)no1)S(C)(=O)=O. The van der Waals surface area contributed by atoms with Crippen molar-refractivity contribution in [3.05, 3.63) is 11.8 Å². The normalized spacial score (nSPS) is 13.4. The van der Waals surface area contributed by atoms with Crippen LogP contribution in [0.5, 0.6) is 5.88 Å². The molecular weight excluding hydrogens is 238 g/mol. The summed E-state index contributed by atoms with van der Waals surface area (Å²) in [6.07, 6.45) is 0.869. The number of ether oxygens (including phenoxy) is 1. The Morgan fingerprint density at radius 3 is 2.69 bits per heavy atom. The van der Waals surface area contributed by atoms with Crippen LogP contribution in [0.4, 0.5) is 0 Å². The lowest BCUT2D eigenvalue weighted by atomic mass is 10.3. The van der Waals surface area contributed by atoms with Gasteiger partial charge in [-0.2, -0.15) is 0 Å². The molecule has 0 aliphatic rings. The first-order chi connectivity index (χ1) is 7.36. The van der Waals surface area contributed by atoms with Gasteiger partial charge in [-0.3, -0.25) is 4.79 Å². The molecule has 8 heteroatoms. The molecule has 1 atom stereocenters. The Kier molecular flexibility index (Phi) is 3.53. The van der Waals surface area contributed by atoms with E-state index >= 15 is 0 Å². The van der Waals surface area contributed by atoms with Gasteiger partial charge in [-0.05, 0) is 12.1 Å². The summed E-state index contributed by atoms with van der Waals surface area (Å²) in [7, 11) is -3.75. The molecule has 0 aromatic carbocycles. The third-order valence-electron chi connectivity index (χ3n) is 1.70. The molecule has 0 radical (unpaired) electrons. The van der Waals surface area contributed by atoms with Crippen LogP contribution in [-0.2, 0) is 19.4 Å². The van der Waals surface area contributed by atoms with Gasteiger partial charge in [0.1, 0.15) is 0 Å². The molecule has 1 aromatic rings. The number of nitrogens with zero attached hydrogens (tertiary/aromatic N) is 1. The smallest absolute Gasteiger partial charge is 0.332 e. The Morgan fingerprint density at radius 2 is 2.31 bits per heavy atom. The second-order valence-corrected chi connectivity index (χ2v) is 5.18. The molecule has 7 nitrogen and oxygen atoms in total. The Morgan fingerprint density at radius 1 is 1.69 bits per heavy atom. The minimum Gasteiger partial charge on any atom is -0.491 e. The quantitative estimate of drug-likeness (QED) is 0.750. The minimum atomic E-state index is -3.75. The predicted molar refractivity (Wildman–Crippen MR) is 52.4 cm³/mol. The van der Waals surface area contributed by atoms with E-state index in [0.717, 1.165) is 12.3 Å². The van der Waals surface area contributed by atoms with Gasteiger partial charge in [0.05, 0.1) is 6.61 Å². The highest BCUT2D eigenvalue weighted by atomic mass is 32.2. The molecule has 0 bridgehead atoms.